The Labute approximate surface area is 214 Å². The number of aliphatic imine (C=N–C) groups is 2. The minimum atomic E-state index is -0.678. The Morgan fingerprint density at radius 1 is 1.06 bits per heavy atom. The molecule has 0 spiro atoms. The highest BCUT2D eigenvalue weighted by Crippen LogP contribution is 2.34. The van der Waals surface area contributed by atoms with Gasteiger partial charge in [-0.15, -0.1) is 0 Å². The summed E-state index contributed by atoms with van der Waals surface area (Å²) in [5, 5.41) is 6.15. The van der Waals surface area contributed by atoms with Crippen molar-refractivity contribution in [3.05, 3.63) is 65.7 Å². The van der Waals surface area contributed by atoms with Crippen LogP contribution >= 0.6 is 11.8 Å². The Kier molecular flexibility index (Phi) is 8.85. The molecule has 188 valence electrons. The van der Waals surface area contributed by atoms with Crippen molar-refractivity contribution in [2.75, 3.05) is 26.0 Å². The normalized spacial score (nSPS) is 16.1. The Balaban J connectivity index is 1.38. The van der Waals surface area contributed by atoms with Gasteiger partial charge in [0.1, 0.15) is 11.9 Å². The Morgan fingerprint density at radius 2 is 1.83 bits per heavy atom. The van der Waals surface area contributed by atoms with Gasteiger partial charge in [-0.1, -0.05) is 54.2 Å². The van der Waals surface area contributed by atoms with Crippen molar-refractivity contribution >= 4 is 46.2 Å². The number of methoxy groups -OCH3 is 1. The molecule has 4 rings (SSSR count). The average molecular weight is 508 g/mol. The quantitative estimate of drug-likeness (QED) is 0.454. The van der Waals surface area contributed by atoms with Gasteiger partial charge in [-0.3, -0.25) is 19.4 Å². The summed E-state index contributed by atoms with van der Waals surface area (Å²) < 4.78 is 4.99. The molecule has 3 amide bonds. The second-order valence-corrected chi connectivity index (χ2v) is 9.28. The summed E-state index contributed by atoms with van der Waals surface area (Å²) in [6.07, 6.45) is 1.20. The molecule has 2 aromatic carbocycles. The largest absolute Gasteiger partial charge is 0.385 e. The van der Waals surface area contributed by atoms with E-state index in [2.05, 4.69) is 20.6 Å². The zero-order valence-electron chi connectivity index (χ0n) is 20.1. The highest BCUT2D eigenvalue weighted by molar-refractivity contribution is 8.14. The molecule has 9 nitrogen and oxygen atoms in total. The number of thioether (sulfide) groups is 1. The zero-order valence-corrected chi connectivity index (χ0v) is 20.9. The number of amides is 3. The van der Waals surface area contributed by atoms with E-state index in [1.165, 1.54) is 16.7 Å². The van der Waals surface area contributed by atoms with Crippen LogP contribution in [0.1, 0.15) is 30.4 Å². The smallest absolute Gasteiger partial charge is 0.259 e. The van der Waals surface area contributed by atoms with Crippen molar-refractivity contribution in [2.45, 2.75) is 31.8 Å². The molecule has 0 radical (unpaired) electrons. The van der Waals surface area contributed by atoms with E-state index in [-0.39, 0.29) is 29.9 Å². The van der Waals surface area contributed by atoms with Gasteiger partial charge in [0, 0.05) is 38.8 Å². The first-order valence-electron chi connectivity index (χ1n) is 11.9. The SMILES string of the molecule is COCCCNC(=O)CSC1=Nc2ccccc2C2=N[C@H](CCC(=O)NCc3ccccc3)C(=O)N12. The van der Waals surface area contributed by atoms with Gasteiger partial charge in [0.15, 0.2) is 5.17 Å². The number of ether oxygens (including phenoxy) is 1. The van der Waals surface area contributed by atoms with Gasteiger partial charge in [-0.05, 0) is 30.5 Å². The predicted molar refractivity (Wildman–Crippen MR) is 140 cm³/mol. The summed E-state index contributed by atoms with van der Waals surface area (Å²) in [4.78, 5) is 48.8. The molecule has 0 bridgehead atoms. The molecule has 2 aliphatic rings. The first kappa shape index (κ1) is 25.6. The number of amidine groups is 2. The average Bonchev–Trinajstić information content (AvgIpc) is 3.24. The molecule has 0 aliphatic carbocycles. The third kappa shape index (κ3) is 6.38. The highest BCUT2D eigenvalue weighted by atomic mass is 32.2. The lowest BCUT2D eigenvalue weighted by Gasteiger charge is -2.25. The van der Waals surface area contributed by atoms with Crippen molar-refractivity contribution in [2.24, 2.45) is 9.98 Å². The van der Waals surface area contributed by atoms with Crippen LogP contribution in [0.2, 0.25) is 0 Å². The van der Waals surface area contributed by atoms with Crippen LogP contribution in [-0.2, 0) is 25.7 Å². The third-order valence-corrected chi connectivity index (χ3v) is 6.64. The van der Waals surface area contributed by atoms with Crippen LogP contribution in [0.3, 0.4) is 0 Å². The molecule has 0 aromatic heterocycles. The van der Waals surface area contributed by atoms with Crippen LogP contribution in [0.25, 0.3) is 0 Å². The maximum atomic E-state index is 13.3. The van der Waals surface area contributed by atoms with Gasteiger partial charge in [0.25, 0.3) is 5.91 Å². The maximum absolute atomic E-state index is 13.3. The van der Waals surface area contributed by atoms with Crippen molar-refractivity contribution in [3.63, 3.8) is 0 Å². The van der Waals surface area contributed by atoms with Crippen molar-refractivity contribution in [1.29, 1.82) is 0 Å². The van der Waals surface area contributed by atoms with Gasteiger partial charge in [-0.2, -0.15) is 0 Å². The van der Waals surface area contributed by atoms with Gasteiger partial charge in [0.05, 0.1) is 11.4 Å². The van der Waals surface area contributed by atoms with Crippen LogP contribution in [-0.4, -0.2) is 65.7 Å². The first-order chi connectivity index (χ1) is 17.6. The molecule has 2 aliphatic heterocycles. The van der Waals surface area contributed by atoms with Crippen molar-refractivity contribution in [1.82, 2.24) is 15.5 Å². The fraction of sp³-hybridized carbons (Fsp3) is 0.346. The van der Waals surface area contributed by atoms with E-state index in [0.29, 0.717) is 42.8 Å². The topological polar surface area (TPSA) is 112 Å². The number of hydrogen-bond acceptors (Lipinski definition) is 7. The molecule has 10 heteroatoms. The van der Waals surface area contributed by atoms with Crippen LogP contribution in [0.4, 0.5) is 5.69 Å². The van der Waals surface area contributed by atoms with E-state index in [0.717, 1.165) is 17.5 Å². The summed E-state index contributed by atoms with van der Waals surface area (Å²) in [6, 6.07) is 16.4. The number of para-hydroxylation sites is 1. The minimum Gasteiger partial charge on any atom is -0.385 e. The number of carbonyl (C=O) groups is 3. The molecule has 0 saturated heterocycles. The summed E-state index contributed by atoms with van der Waals surface area (Å²) in [5.41, 5.74) is 2.47. The van der Waals surface area contributed by atoms with Gasteiger partial charge in [0.2, 0.25) is 11.8 Å². The molecule has 0 unspecified atom stereocenters. The second kappa shape index (κ2) is 12.5. The maximum Gasteiger partial charge on any atom is 0.259 e. The summed E-state index contributed by atoms with van der Waals surface area (Å²) in [7, 11) is 1.62. The van der Waals surface area contributed by atoms with E-state index in [1.54, 1.807) is 7.11 Å². The van der Waals surface area contributed by atoms with Crippen LogP contribution < -0.4 is 10.6 Å². The lowest BCUT2D eigenvalue weighted by molar-refractivity contribution is -0.125. The molecular formula is C26H29N5O4S. The van der Waals surface area contributed by atoms with E-state index in [1.807, 2.05) is 54.6 Å². The van der Waals surface area contributed by atoms with Crippen molar-refractivity contribution < 1.29 is 19.1 Å². The van der Waals surface area contributed by atoms with Gasteiger partial charge in [-0.25, -0.2) is 9.89 Å². The fourth-order valence-electron chi connectivity index (χ4n) is 3.87. The summed E-state index contributed by atoms with van der Waals surface area (Å²) in [5.74, 6) is 0.128. The Morgan fingerprint density at radius 3 is 2.64 bits per heavy atom. The number of fused-ring (bicyclic) bond motifs is 3. The lowest BCUT2D eigenvalue weighted by atomic mass is 10.1. The van der Waals surface area contributed by atoms with Crippen LogP contribution in [0.5, 0.6) is 0 Å². The molecule has 36 heavy (non-hydrogen) atoms. The number of hydrogen-bond donors (Lipinski definition) is 2. The van der Waals surface area contributed by atoms with Crippen molar-refractivity contribution in [3.8, 4) is 0 Å². The third-order valence-electron chi connectivity index (χ3n) is 5.70. The number of rotatable bonds is 11. The van der Waals surface area contributed by atoms with Crippen LogP contribution in [0, 0.1) is 0 Å². The molecule has 2 N–H and O–H groups in total. The molecule has 1 atom stereocenters. The number of carbonyl (C=O) groups excluding carboxylic acids is 3. The van der Waals surface area contributed by atoms with E-state index in [9.17, 15) is 14.4 Å². The molecular weight excluding hydrogens is 478 g/mol. The van der Waals surface area contributed by atoms with Gasteiger partial charge >= 0.3 is 0 Å². The fourth-order valence-corrected chi connectivity index (χ4v) is 4.70. The molecule has 0 fully saturated rings. The molecule has 0 saturated carbocycles. The standard InChI is InChI=1S/C26H29N5O4S/c1-35-15-7-14-27-23(33)17-36-26-30-20-11-6-5-10-19(20)24-29-21(25(34)31(24)26)12-13-22(32)28-16-18-8-3-2-4-9-18/h2-6,8-11,21H,7,12-17H2,1H3,(H,27,33)(H,28,32)/t21-/m1/s1. The Hall–Kier alpha value is -3.50. The summed E-state index contributed by atoms with van der Waals surface area (Å²) >= 11 is 1.20. The predicted octanol–water partition coefficient (Wildman–Crippen LogP) is 2.63. The minimum absolute atomic E-state index is 0.123. The number of nitrogens with one attached hydrogen (secondary N) is 2. The van der Waals surface area contributed by atoms with E-state index in [4.69, 9.17) is 4.74 Å². The first-order valence-corrected chi connectivity index (χ1v) is 12.8. The second-order valence-electron chi connectivity index (χ2n) is 8.34. The van der Waals surface area contributed by atoms with E-state index >= 15 is 0 Å². The zero-order chi connectivity index (χ0) is 25.3. The number of nitrogens with zero attached hydrogens (tertiary/aromatic N) is 3. The Bertz CT molecular complexity index is 1170. The number of benzene rings is 2. The molecule has 2 aromatic rings. The monoisotopic (exact) mass is 507 g/mol. The highest BCUT2D eigenvalue weighted by Gasteiger charge is 2.41. The van der Waals surface area contributed by atoms with E-state index < -0.39 is 6.04 Å². The van der Waals surface area contributed by atoms with Gasteiger partial charge < -0.3 is 15.4 Å². The van der Waals surface area contributed by atoms with Crippen LogP contribution in [0.15, 0.2) is 64.6 Å². The molecule has 2 heterocycles. The summed E-state index contributed by atoms with van der Waals surface area (Å²) in [6.45, 7) is 1.53. The lowest BCUT2D eigenvalue weighted by Crippen LogP contribution is -2.42.